The molecular formula is C25H44O3Si2. The lowest BCUT2D eigenvalue weighted by Crippen LogP contribution is -2.51. The van der Waals surface area contributed by atoms with E-state index in [9.17, 15) is 4.79 Å². The lowest BCUT2D eigenvalue weighted by Gasteiger charge is -2.57. The van der Waals surface area contributed by atoms with Crippen LogP contribution in [0.5, 0.6) is 0 Å². The van der Waals surface area contributed by atoms with Gasteiger partial charge in [-0.3, -0.25) is 4.79 Å². The molecule has 0 spiro atoms. The average molecular weight is 449 g/mol. The topological polar surface area (TPSA) is 35.5 Å². The molecular weight excluding hydrogens is 404 g/mol. The average Bonchev–Trinajstić information content (AvgIpc) is 2.84. The van der Waals surface area contributed by atoms with E-state index in [1.807, 2.05) is 0 Å². The van der Waals surface area contributed by atoms with Gasteiger partial charge in [0.25, 0.3) is 0 Å². The zero-order chi connectivity index (χ0) is 22.1. The van der Waals surface area contributed by atoms with Gasteiger partial charge in [0.05, 0.1) is 0 Å². The molecule has 4 rings (SSSR count). The zero-order valence-corrected chi connectivity index (χ0v) is 22.6. The summed E-state index contributed by atoms with van der Waals surface area (Å²) in [5.74, 6) is 2.28. The van der Waals surface area contributed by atoms with E-state index in [-0.39, 0.29) is 11.5 Å². The van der Waals surface area contributed by atoms with E-state index in [1.165, 1.54) is 19.3 Å². The highest BCUT2D eigenvalue weighted by Gasteiger charge is 2.61. The standard InChI is InChI=1S/C25H44O3Si2/c1-24-13-11-18(27-29(3,4)5)15-17(24)9-10-19-20(24)12-14-25(2)21(19)16-22(23(25)26)28-30(6,7)8/h9,18-22H,10-16H2,1-8H3/t18-,19+,20-,21-,22?,24-,25-/m0/s1. The van der Waals surface area contributed by atoms with Crippen molar-refractivity contribution in [3.05, 3.63) is 11.6 Å². The second kappa shape index (κ2) is 7.39. The molecule has 0 bridgehead atoms. The molecule has 0 amide bonds. The van der Waals surface area contributed by atoms with Crippen LogP contribution in [0.25, 0.3) is 0 Å². The van der Waals surface area contributed by atoms with Gasteiger partial charge in [-0.25, -0.2) is 0 Å². The molecule has 30 heavy (non-hydrogen) atoms. The SMILES string of the molecule is C[C@]12CC[C@H](O[Si](C)(C)C)CC1=CC[C@@H]1[C@@H]2CC[C@]2(C)C(=O)C(O[Si](C)(C)C)C[C@@H]12. The summed E-state index contributed by atoms with van der Waals surface area (Å²) in [5, 5.41) is 0. The van der Waals surface area contributed by atoms with E-state index >= 15 is 0 Å². The van der Waals surface area contributed by atoms with Crippen molar-refractivity contribution in [3.8, 4) is 0 Å². The third-order valence-electron chi connectivity index (χ3n) is 8.79. The van der Waals surface area contributed by atoms with Gasteiger partial charge in [0.1, 0.15) is 6.10 Å². The summed E-state index contributed by atoms with van der Waals surface area (Å²) in [5.41, 5.74) is 1.82. The van der Waals surface area contributed by atoms with Gasteiger partial charge >= 0.3 is 0 Å². The lowest BCUT2D eigenvalue weighted by molar-refractivity contribution is -0.136. The van der Waals surface area contributed by atoms with Crippen molar-refractivity contribution in [3.63, 3.8) is 0 Å². The molecule has 0 heterocycles. The maximum Gasteiger partial charge on any atom is 0.184 e. The minimum absolute atomic E-state index is 0.149. The summed E-state index contributed by atoms with van der Waals surface area (Å²) >= 11 is 0. The smallest absolute Gasteiger partial charge is 0.184 e. The number of carbonyl (C=O) groups is 1. The molecule has 0 aromatic carbocycles. The molecule has 3 nitrogen and oxygen atoms in total. The Bertz CT molecular complexity index is 734. The van der Waals surface area contributed by atoms with E-state index in [1.54, 1.807) is 5.57 Å². The first-order valence-corrected chi connectivity index (χ1v) is 19.1. The molecule has 0 radical (unpaired) electrons. The summed E-state index contributed by atoms with van der Waals surface area (Å²) in [7, 11) is -3.22. The van der Waals surface area contributed by atoms with Crippen molar-refractivity contribution < 1.29 is 13.6 Å². The molecule has 0 aromatic rings. The number of rotatable bonds is 4. The number of ketones is 1. The van der Waals surface area contributed by atoms with Gasteiger partial charge < -0.3 is 8.85 Å². The Morgan fingerprint density at radius 2 is 1.53 bits per heavy atom. The molecule has 7 atom stereocenters. The molecule has 4 aliphatic rings. The largest absolute Gasteiger partial charge is 0.414 e. The predicted octanol–water partition coefficient (Wildman–Crippen LogP) is 6.57. The van der Waals surface area contributed by atoms with Crippen LogP contribution in [0.1, 0.15) is 58.8 Å². The molecule has 0 aromatic heterocycles. The molecule has 3 fully saturated rings. The lowest BCUT2D eigenvalue weighted by atomic mass is 9.48. The minimum Gasteiger partial charge on any atom is -0.414 e. The Balaban J connectivity index is 1.56. The van der Waals surface area contributed by atoms with Gasteiger partial charge in [-0.05, 0) is 107 Å². The summed E-state index contributed by atoms with van der Waals surface area (Å²) < 4.78 is 12.9. The number of carbonyl (C=O) groups excluding carboxylic acids is 1. The van der Waals surface area contributed by atoms with Crippen LogP contribution in [0.3, 0.4) is 0 Å². The van der Waals surface area contributed by atoms with Crippen LogP contribution < -0.4 is 0 Å². The molecule has 0 N–H and O–H groups in total. The molecule has 5 heteroatoms. The first-order chi connectivity index (χ1) is 13.7. The van der Waals surface area contributed by atoms with Crippen molar-refractivity contribution >= 4 is 22.4 Å². The fourth-order valence-electron chi connectivity index (χ4n) is 7.52. The Hall–Kier alpha value is -0.236. The highest BCUT2D eigenvalue weighted by atomic mass is 28.4. The second-order valence-corrected chi connectivity index (χ2v) is 22.1. The van der Waals surface area contributed by atoms with Gasteiger partial charge in [-0.2, -0.15) is 0 Å². The van der Waals surface area contributed by atoms with Gasteiger partial charge in [0, 0.05) is 11.5 Å². The molecule has 0 aliphatic heterocycles. The third kappa shape index (κ3) is 3.97. The van der Waals surface area contributed by atoms with Crippen molar-refractivity contribution in [2.75, 3.05) is 0 Å². The monoisotopic (exact) mass is 448 g/mol. The Kier molecular flexibility index (Phi) is 5.65. The second-order valence-electron chi connectivity index (χ2n) is 13.1. The highest BCUT2D eigenvalue weighted by Crippen LogP contribution is 2.64. The van der Waals surface area contributed by atoms with Crippen molar-refractivity contribution in [1.82, 2.24) is 0 Å². The van der Waals surface area contributed by atoms with Crippen LogP contribution in [-0.4, -0.2) is 34.6 Å². The summed E-state index contributed by atoms with van der Waals surface area (Å²) in [6.45, 7) is 18.4. The zero-order valence-electron chi connectivity index (χ0n) is 20.6. The first-order valence-electron chi connectivity index (χ1n) is 12.3. The number of Topliss-reactive ketones (excluding diaryl/α,β-unsaturated/α-hetero) is 1. The number of fused-ring (bicyclic) bond motifs is 5. The van der Waals surface area contributed by atoms with Gasteiger partial charge in [-0.1, -0.05) is 25.5 Å². The van der Waals surface area contributed by atoms with Gasteiger partial charge in [0.2, 0.25) is 0 Å². The minimum atomic E-state index is -1.72. The van der Waals surface area contributed by atoms with Crippen LogP contribution in [0.2, 0.25) is 39.3 Å². The number of allylic oxidation sites excluding steroid dienone is 1. The first kappa shape index (κ1) is 22.9. The molecule has 0 saturated heterocycles. The van der Waals surface area contributed by atoms with E-state index in [4.69, 9.17) is 8.85 Å². The molecule has 4 aliphatic carbocycles. The number of hydrogen-bond donors (Lipinski definition) is 0. The van der Waals surface area contributed by atoms with E-state index < -0.39 is 16.6 Å². The highest BCUT2D eigenvalue weighted by molar-refractivity contribution is 6.70. The Morgan fingerprint density at radius 1 is 0.900 bits per heavy atom. The normalized spacial score (nSPS) is 44.2. The number of hydrogen-bond acceptors (Lipinski definition) is 3. The quantitative estimate of drug-likeness (QED) is 0.360. The summed E-state index contributed by atoms with van der Waals surface area (Å²) in [6.07, 6.45) is 10.8. The molecule has 1 unspecified atom stereocenters. The van der Waals surface area contributed by atoms with Crippen LogP contribution in [-0.2, 0) is 13.6 Å². The van der Waals surface area contributed by atoms with Crippen molar-refractivity contribution in [2.45, 2.75) is 110 Å². The van der Waals surface area contributed by atoms with Crippen LogP contribution in [0.15, 0.2) is 11.6 Å². The predicted molar refractivity (Wildman–Crippen MR) is 129 cm³/mol. The fourth-order valence-corrected chi connectivity index (χ4v) is 9.78. The van der Waals surface area contributed by atoms with Crippen LogP contribution >= 0.6 is 0 Å². The van der Waals surface area contributed by atoms with E-state index in [0.29, 0.717) is 29.1 Å². The van der Waals surface area contributed by atoms with Crippen molar-refractivity contribution in [2.24, 2.45) is 28.6 Å². The van der Waals surface area contributed by atoms with E-state index in [2.05, 4.69) is 59.2 Å². The maximum absolute atomic E-state index is 13.4. The Morgan fingerprint density at radius 3 is 2.17 bits per heavy atom. The summed E-state index contributed by atoms with van der Waals surface area (Å²) in [6, 6.07) is 0. The van der Waals surface area contributed by atoms with Crippen LogP contribution in [0.4, 0.5) is 0 Å². The Labute approximate surface area is 186 Å². The maximum atomic E-state index is 13.4. The van der Waals surface area contributed by atoms with Crippen molar-refractivity contribution in [1.29, 1.82) is 0 Å². The molecule has 3 saturated carbocycles. The third-order valence-corrected chi connectivity index (χ3v) is 10.8. The molecule has 170 valence electrons. The van der Waals surface area contributed by atoms with E-state index in [0.717, 1.165) is 31.6 Å². The van der Waals surface area contributed by atoms with Crippen LogP contribution in [0, 0.1) is 28.6 Å². The van der Waals surface area contributed by atoms with Gasteiger partial charge in [-0.15, -0.1) is 0 Å². The fraction of sp³-hybridized carbons (Fsp3) is 0.880. The van der Waals surface area contributed by atoms with Gasteiger partial charge in [0.15, 0.2) is 22.4 Å². The summed E-state index contributed by atoms with van der Waals surface area (Å²) in [4.78, 5) is 13.4.